The fourth-order valence-electron chi connectivity index (χ4n) is 3.25. The minimum Gasteiger partial charge on any atom is -0.365 e. The van der Waals surface area contributed by atoms with Crippen LogP contribution < -0.4 is 11.1 Å². The van der Waals surface area contributed by atoms with Crippen molar-refractivity contribution in [3.05, 3.63) is 45.3 Å². The number of anilines is 1. The van der Waals surface area contributed by atoms with E-state index in [4.69, 9.17) is 17.3 Å². The summed E-state index contributed by atoms with van der Waals surface area (Å²) in [7, 11) is -3.62. The molecule has 30 heavy (non-hydrogen) atoms. The number of carbonyl (C=O) groups is 2. The van der Waals surface area contributed by atoms with Crippen molar-refractivity contribution >= 4 is 62.0 Å². The number of benzene rings is 1. The molecule has 0 atom stereocenters. The second kappa shape index (κ2) is 10.1. The maximum atomic E-state index is 12.4. The van der Waals surface area contributed by atoms with Gasteiger partial charge in [0.15, 0.2) is 9.84 Å². The monoisotopic (exact) mass is 491 g/mol. The first-order valence-electron chi connectivity index (χ1n) is 9.16. The number of amides is 2. The molecule has 0 spiro atoms. The number of halogens is 2. The van der Waals surface area contributed by atoms with Crippen molar-refractivity contribution in [2.45, 2.75) is 31.2 Å². The van der Waals surface area contributed by atoms with Gasteiger partial charge in [0.1, 0.15) is 5.00 Å². The first-order valence-corrected chi connectivity index (χ1v) is 12.0. The third-order valence-corrected chi connectivity index (χ3v) is 7.97. The van der Waals surface area contributed by atoms with Crippen LogP contribution in [0.1, 0.15) is 34.1 Å². The van der Waals surface area contributed by atoms with Gasteiger partial charge >= 0.3 is 0 Å². The van der Waals surface area contributed by atoms with Crippen LogP contribution in [0.5, 0.6) is 0 Å². The summed E-state index contributed by atoms with van der Waals surface area (Å²) in [5, 5.41) is 3.52. The van der Waals surface area contributed by atoms with Gasteiger partial charge in [-0.3, -0.25) is 14.5 Å². The lowest BCUT2D eigenvalue weighted by atomic mass is 10.0. The molecular weight excluding hydrogens is 469 g/mol. The number of rotatable bonds is 7. The highest BCUT2D eigenvalue weighted by Gasteiger charge is 2.27. The average molecular weight is 492 g/mol. The molecule has 1 aliphatic heterocycles. The largest absolute Gasteiger partial charge is 0.365 e. The van der Waals surface area contributed by atoms with E-state index in [1.807, 2.05) is 0 Å². The number of carbonyl (C=O) groups excluding carboxylic acids is 2. The molecule has 1 aliphatic rings. The standard InChI is InChI=1S/C19H22ClN3O4S2.ClH/c1-2-23-9-7-14-15(11-23)28-19(17(14)18(21)25)22-16(24)8-10-29(26,27)13-5-3-12(20)4-6-13;/h3-6H,2,7-11H2,1H3,(H2,21,25)(H,22,24);1H. The van der Waals surface area contributed by atoms with Crippen LogP contribution in [0.4, 0.5) is 5.00 Å². The molecule has 7 nitrogen and oxygen atoms in total. The summed E-state index contributed by atoms with van der Waals surface area (Å²) in [5.41, 5.74) is 6.78. The van der Waals surface area contributed by atoms with E-state index in [1.165, 1.54) is 35.6 Å². The van der Waals surface area contributed by atoms with E-state index in [0.29, 0.717) is 28.6 Å². The molecule has 0 unspecified atom stereocenters. The molecule has 0 fully saturated rings. The summed E-state index contributed by atoms with van der Waals surface area (Å²) in [6.07, 6.45) is 0.464. The van der Waals surface area contributed by atoms with Gasteiger partial charge in [-0.1, -0.05) is 18.5 Å². The van der Waals surface area contributed by atoms with Gasteiger partial charge in [-0.15, -0.1) is 23.7 Å². The molecule has 1 aromatic carbocycles. The van der Waals surface area contributed by atoms with Crippen LogP contribution in [0.15, 0.2) is 29.2 Å². The number of hydrogen-bond donors (Lipinski definition) is 2. The Morgan fingerprint density at radius 3 is 2.53 bits per heavy atom. The third kappa shape index (κ3) is 5.53. The summed E-state index contributed by atoms with van der Waals surface area (Å²) in [4.78, 5) is 27.7. The minimum atomic E-state index is -3.62. The average Bonchev–Trinajstić information content (AvgIpc) is 3.03. The highest BCUT2D eigenvalue weighted by Crippen LogP contribution is 2.37. The fourth-order valence-corrected chi connectivity index (χ4v) is 5.93. The fraction of sp³-hybridized carbons (Fsp3) is 0.368. The number of likely N-dealkylation sites (N-methyl/N-ethyl adjacent to an activating group) is 1. The summed E-state index contributed by atoms with van der Waals surface area (Å²) in [6, 6.07) is 5.80. The van der Waals surface area contributed by atoms with E-state index in [0.717, 1.165) is 23.5 Å². The van der Waals surface area contributed by atoms with Gasteiger partial charge in [0.2, 0.25) is 5.91 Å². The lowest BCUT2D eigenvalue weighted by Crippen LogP contribution is -2.30. The van der Waals surface area contributed by atoms with Gasteiger partial charge in [-0.05, 0) is 42.8 Å². The normalized spacial score (nSPS) is 13.9. The van der Waals surface area contributed by atoms with Crippen molar-refractivity contribution in [2.75, 3.05) is 24.2 Å². The Kier molecular flexibility index (Phi) is 8.29. The van der Waals surface area contributed by atoms with Crippen molar-refractivity contribution in [1.82, 2.24) is 4.90 Å². The molecule has 0 saturated heterocycles. The van der Waals surface area contributed by atoms with Crippen molar-refractivity contribution in [1.29, 1.82) is 0 Å². The van der Waals surface area contributed by atoms with Crippen LogP contribution in [0.3, 0.4) is 0 Å². The quantitative estimate of drug-likeness (QED) is 0.618. The van der Waals surface area contributed by atoms with E-state index in [1.54, 1.807) is 0 Å². The second-order valence-corrected chi connectivity index (χ2v) is 10.4. The summed E-state index contributed by atoms with van der Waals surface area (Å²) >= 11 is 7.11. The molecule has 2 aromatic rings. The number of hydrogen-bond acceptors (Lipinski definition) is 6. The predicted octanol–water partition coefficient (Wildman–Crippen LogP) is 3.10. The van der Waals surface area contributed by atoms with E-state index in [9.17, 15) is 18.0 Å². The number of fused-ring (bicyclic) bond motifs is 1. The van der Waals surface area contributed by atoms with Gasteiger partial charge < -0.3 is 11.1 Å². The van der Waals surface area contributed by atoms with Crippen LogP contribution in [-0.2, 0) is 27.6 Å². The molecule has 164 valence electrons. The van der Waals surface area contributed by atoms with Crippen molar-refractivity contribution in [3.8, 4) is 0 Å². The maximum Gasteiger partial charge on any atom is 0.251 e. The number of thiophene rings is 1. The maximum absolute atomic E-state index is 12.4. The van der Waals surface area contributed by atoms with Gasteiger partial charge in [0.05, 0.1) is 16.2 Å². The summed E-state index contributed by atoms with van der Waals surface area (Å²) < 4.78 is 24.8. The molecular formula is C19H23Cl2N3O4S2. The number of primary amides is 1. The molecule has 0 aliphatic carbocycles. The SMILES string of the molecule is CCN1CCc2c(sc(NC(=O)CCS(=O)(=O)c3ccc(Cl)cc3)c2C(N)=O)C1.Cl. The second-order valence-electron chi connectivity index (χ2n) is 6.76. The molecule has 3 rings (SSSR count). The lowest BCUT2D eigenvalue weighted by Gasteiger charge is -2.25. The van der Waals surface area contributed by atoms with Crippen LogP contribution in [-0.4, -0.2) is 44.0 Å². The zero-order valence-corrected chi connectivity index (χ0v) is 19.5. The smallest absolute Gasteiger partial charge is 0.251 e. The molecule has 1 aromatic heterocycles. The summed E-state index contributed by atoms with van der Waals surface area (Å²) in [5.74, 6) is -1.41. The van der Waals surface area contributed by atoms with Gasteiger partial charge in [-0.25, -0.2) is 8.42 Å². The number of sulfone groups is 1. The molecule has 2 amide bonds. The molecule has 3 N–H and O–H groups in total. The van der Waals surface area contributed by atoms with E-state index in [-0.39, 0.29) is 29.5 Å². The zero-order chi connectivity index (χ0) is 21.2. The zero-order valence-electron chi connectivity index (χ0n) is 16.3. The molecule has 11 heteroatoms. The van der Waals surface area contributed by atoms with Crippen LogP contribution in [0.2, 0.25) is 5.02 Å². The molecule has 0 bridgehead atoms. The molecule has 0 radical (unpaired) electrons. The Labute approximate surface area is 190 Å². The van der Waals surface area contributed by atoms with E-state index >= 15 is 0 Å². The highest BCUT2D eigenvalue weighted by molar-refractivity contribution is 7.91. The van der Waals surface area contributed by atoms with E-state index < -0.39 is 21.7 Å². The Morgan fingerprint density at radius 2 is 1.93 bits per heavy atom. The topological polar surface area (TPSA) is 110 Å². The first kappa shape index (κ1) is 24.6. The number of nitrogens with one attached hydrogen (secondary N) is 1. The van der Waals surface area contributed by atoms with Gasteiger partial charge in [-0.2, -0.15) is 0 Å². The van der Waals surface area contributed by atoms with Gasteiger partial charge in [0, 0.05) is 29.4 Å². The Balaban J connectivity index is 0.00000320. The van der Waals surface area contributed by atoms with Crippen LogP contribution in [0.25, 0.3) is 0 Å². The molecule has 0 saturated carbocycles. The third-order valence-electron chi connectivity index (χ3n) is 4.85. The Hall–Kier alpha value is -1.65. The highest BCUT2D eigenvalue weighted by atomic mass is 35.5. The van der Waals surface area contributed by atoms with Crippen molar-refractivity contribution in [2.24, 2.45) is 5.73 Å². The Bertz CT molecular complexity index is 1040. The lowest BCUT2D eigenvalue weighted by molar-refractivity contribution is -0.115. The van der Waals surface area contributed by atoms with E-state index in [2.05, 4.69) is 17.1 Å². The first-order chi connectivity index (χ1) is 13.7. The Morgan fingerprint density at radius 1 is 1.27 bits per heavy atom. The van der Waals surface area contributed by atoms with Crippen molar-refractivity contribution in [3.63, 3.8) is 0 Å². The van der Waals surface area contributed by atoms with Gasteiger partial charge in [0.25, 0.3) is 5.91 Å². The number of nitrogens with two attached hydrogens (primary N) is 1. The predicted molar refractivity (Wildman–Crippen MR) is 121 cm³/mol. The van der Waals surface area contributed by atoms with Crippen molar-refractivity contribution < 1.29 is 18.0 Å². The number of nitrogens with zero attached hydrogens (tertiary/aromatic N) is 1. The minimum absolute atomic E-state index is 0. The van der Waals surface area contributed by atoms with Crippen LogP contribution >= 0.6 is 35.3 Å². The van der Waals surface area contributed by atoms with Crippen LogP contribution in [0, 0.1) is 0 Å². The molecule has 2 heterocycles. The summed E-state index contributed by atoms with van der Waals surface area (Å²) in [6.45, 7) is 4.50.